The molecule has 0 aliphatic carbocycles. The van der Waals surface area contributed by atoms with Crippen LogP contribution in [0.3, 0.4) is 0 Å². The van der Waals surface area contributed by atoms with Crippen LogP contribution in [-0.4, -0.2) is 66.3 Å². The van der Waals surface area contributed by atoms with Gasteiger partial charge in [0.1, 0.15) is 10.6 Å². The molecule has 1 saturated heterocycles. The fourth-order valence-electron chi connectivity index (χ4n) is 3.77. The second-order valence-electron chi connectivity index (χ2n) is 8.01. The molecule has 0 saturated carbocycles. The largest absolute Gasteiger partial charge is 0.424 e. The summed E-state index contributed by atoms with van der Waals surface area (Å²) in [7, 11) is -1.62. The number of ether oxygens (including phenoxy) is 1. The molecule has 0 spiro atoms. The molecular formula is C22H29N7O3S. The Kier molecular flexibility index (Phi) is 6.91. The van der Waals surface area contributed by atoms with Crippen molar-refractivity contribution < 1.29 is 13.2 Å². The van der Waals surface area contributed by atoms with Crippen LogP contribution in [0.25, 0.3) is 0 Å². The third kappa shape index (κ3) is 5.32. The smallest absolute Gasteiger partial charge is 0.322 e. The lowest BCUT2D eigenvalue weighted by Crippen LogP contribution is -2.44. The Hall–Kier alpha value is -3.02. The van der Waals surface area contributed by atoms with Gasteiger partial charge in [-0.3, -0.25) is 9.55 Å². The number of hydrogen-bond donors (Lipinski definition) is 1. The number of benzene rings is 1. The Balaban J connectivity index is 1.51. The number of piperazine rings is 1. The Labute approximate surface area is 194 Å². The summed E-state index contributed by atoms with van der Waals surface area (Å²) in [4.78, 5) is 8.62. The van der Waals surface area contributed by atoms with Crippen LogP contribution in [0.1, 0.15) is 25.7 Å². The number of anilines is 1. The van der Waals surface area contributed by atoms with Crippen molar-refractivity contribution in [3.63, 3.8) is 0 Å². The molecule has 3 heterocycles. The first-order chi connectivity index (χ1) is 15.9. The summed E-state index contributed by atoms with van der Waals surface area (Å²) in [6.07, 6.45) is 2.83. The molecule has 1 fully saturated rings. The zero-order valence-corrected chi connectivity index (χ0v) is 19.9. The molecule has 1 atom stereocenters. The van der Waals surface area contributed by atoms with Gasteiger partial charge in [0.2, 0.25) is 10.0 Å². The van der Waals surface area contributed by atoms with E-state index in [9.17, 15) is 8.42 Å². The predicted octanol–water partition coefficient (Wildman–Crippen LogP) is 2.28. The van der Waals surface area contributed by atoms with Gasteiger partial charge in [0.05, 0.1) is 6.04 Å². The number of hydrogen-bond acceptors (Lipinski definition) is 8. The van der Waals surface area contributed by atoms with Crippen LogP contribution in [0, 0.1) is 0 Å². The molecule has 0 radical (unpaired) electrons. The highest BCUT2D eigenvalue weighted by molar-refractivity contribution is 7.89. The molecule has 10 nitrogen and oxygen atoms in total. The molecule has 1 aliphatic heterocycles. The van der Waals surface area contributed by atoms with Crippen molar-refractivity contribution in [1.82, 2.24) is 29.4 Å². The van der Waals surface area contributed by atoms with E-state index in [1.165, 1.54) is 18.5 Å². The molecule has 0 bridgehead atoms. The number of nitrogens with one attached hydrogen (secondary N) is 1. The fraction of sp³-hybridized carbons (Fsp3) is 0.409. The first kappa shape index (κ1) is 23.1. The quantitative estimate of drug-likeness (QED) is 0.533. The third-order valence-corrected chi connectivity index (χ3v) is 7.15. The average Bonchev–Trinajstić information content (AvgIpc) is 3.22. The van der Waals surface area contributed by atoms with Crippen molar-refractivity contribution in [2.75, 3.05) is 38.1 Å². The maximum Gasteiger partial charge on any atom is 0.322 e. The van der Waals surface area contributed by atoms with Crippen LogP contribution in [0.4, 0.5) is 5.69 Å². The number of aromatic nitrogens is 4. The average molecular weight is 472 g/mol. The molecule has 3 aromatic rings. The molecule has 33 heavy (non-hydrogen) atoms. The van der Waals surface area contributed by atoms with Gasteiger partial charge in [-0.15, -0.1) is 5.10 Å². The van der Waals surface area contributed by atoms with Crippen LogP contribution >= 0.6 is 0 Å². The van der Waals surface area contributed by atoms with Crippen LogP contribution in [0.15, 0.2) is 53.7 Å². The summed E-state index contributed by atoms with van der Waals surface area (Å²) in [5, 5.41) is 8.39. The zero-order chi connectivity index (χ0) is 23.4. The molecule has 4 rings (SSSR count). The van der Waals surface area contributed by atoms with E-state index >= 15 is 0 Å². The van der Waals surface area contributed by atoms with Crippen molar-refractivity contribution in [2.45, 2.75) is 31.3 Å². The van der Waals surface area contributed by atoms with Crippen LogP contribution in [-0.2, 0) is 16.6 Å². The van der Waals surface area contributed by atoms with Crippen molar-refractivity contribution in [2.24, 2.45) is 0 Å². The highest BCUT2D eigenvalue weighted by atomic mass is 32.2. The van der Waals surface area contributed by atoms with Gasteiger partial charge in [-0.05, 0) is 45.2 Å². The Bertz CT molecular complexity index is 1180. The highest BCUT2D eigenvalue weighted by Crippen LogP contribution is 2.27. The molecule has 1 aliphatic rings. The summed E-state index contributed by atoms with van der Waals surface area (Å²) in [6.45, 7) is 8.14. The Morgan fingerprint density at radius 2 is 1.91 bits per heavy atom. The predicted molar refractivity (Wildman–Crippen MR) is 125 cm³/mol. The zero-order valence-electron chi connectivity index (χ0n) is 19.0. The first-order valence-electron chi connectivity index (χ1n) is 10.9. The van der Waals surface area contributed by atoms with Crippen molar-refractivity contribution >= 4 is 15.7 Å². The van der Waals surface area contributed by atoms with E-state index in [0.29, 0.717) is 24.1 Å². The highest BCUT2D eigenvalue weighted by Gasteiger charge is 2.24. The number of pyridine rings is 1. The van der Waals surface area contributed by atoms with Gasteiger partial charge in [0.15, 0.2) is 5.82 Å². The van der Waals surface area contributed by atoms with Gasteiger partial charge in [-0.1, -0.05) is 11.2 Å². The van der Waals surface area contributed by atoms with Crippen LogP contribution in [0.2, 0.25) is 0 Å². The standard InChI is InChI=1S/C22H29N7O3S/c1-4-29-21(17(2)26-33(30,31)20-9-6-10-23-16-20)24-25-22(29)32-19-8-5-7-18(15-19)28-13-11-27(3)12-14-28/h5-10,15-17,26H,4,11-14H2,1-3H3/t17-/m1/s1. The molecule has 176 valence electrons. The van der Waals surface area contributed by atoms with E-state index in [1.54, 1.807) is 17.6 Å². The molecule has 1 N–H and O–H groups in total. The van der Waals surface area contributed by atoms with E-state index in [-0.39, 0.29) is 4.90 Å². The molecule has 11 heteroatoms. The Morgan fingerprint density at radius 3 is 2.61 bits per heavy atom. The Morgan fingerprint density at radius 1 is 1.12 bits per heavy atom. The van der Waals surface area contributed by atoms with E-state index < -0.39 is 16.1 Å². The second kappa shape index (κ2) is 9.86. The maximum atomic E-state index is 12.7. The van der Waals surface area contributed by atoms with Gasteiger partial charge in [0, 0.05) is 56.9 Å². The molecule has 0 unspecified atom stereocenters. The van der Waals surface area contributed by atoms with Gasteiger partial charge >= 0.3 is 6.01 Å². The normalized spacial score (nSPS) is 16.0. The lowest BCUT2D eigenvalue weighted by molar-refractivity contribution is 0.312. The minimum atomic E-state index is -3.75. The van der Waals surface area contributed by atoms with E-state index in [0.717, 1.165) is 31.9 Å². The maximum absolute atomic E-state index is 12.7. The number of nitrogens with zero attached hydrogens (tertiary/aromatic N) is 6. The molecule has 2 aromatic heterocycles. The summed E-state index contributed by atoms with van der Waals surface area (Å²) in [6, 6.07) is 10.7. The number of rotatable bonds is 8. The fourth-order valence-corrected chi connectivity index (χ4v) is 4.93. The summed E-state index contributed by atoms with van der Waals surface area (Å²) in [5.74, 6) is 1.12. The molecule has 0 amide bonds. The summed E-state index contributed by atoms with van der Waals surface area (Å²) < 4.78 is 35.8. The van der Waals surface area contributed by atoms with Crippen molar-refractivity contribution in [3.05, 3.63) is 54.6 Å². The second-order valence-corrected chi connectivity index (χ2v) is 9.72. The SMILES string of the molecule is CCn1c(Oc2cccc(N3CCN(C)CC3)c2)nnc1[C@@H](C)NS(=O)(=O)c1cccnc1. The molecule has 1 aromatic carbocycles. The molecular weight excluding hydrogens is 442 g/mol. The first-order valence-corrected chi connectivity index (χ1v) is 12.4. The number of sulfonamides is 1. The van der Waals surface area contributed by atoms with Crippen molar-refractivity contribution in [1.29, 1.82) is 0 Å². The number of likely N-dealkylation sites (N-methyl/N-ethyl adjacent to an activating group) is 1. The third-order valence-electron chi connectivity index (χ3n) is 5.62. The van der Waals surface area contributed by atoms with Gasteiger partial charge < -0.3 is 14.5 Å². The van der Waals surface area contributed by atoms with Crippen molar-refractivity contribution in [3.8, 4) is 11.8 Å². The van der Waals surface area contributed by atoms with E-state index in [1.807, 2.05) is 25.1 Å². The monoisotopic (exact) mass is 471 g/mol. The topological polar surface area (TPSA) is 105 Å². The van der Waals surface area contributed by atoms with Crippen LogP contribution < -0.4 is 14.4 Å². The van der Waals surface area contributed by atoms with E-state index in [4.69, 9.17) is 4.74 Å². The summed E-state index contributed by atoms with van der Waals surface area (Å²) in [5.41, 5.74) is 1.10. The lowest BCUT2D eigenvalue weighted by Gasteiger charge is -2.34. The minimum Gasteiger partial charge on any atom is -0.424 e. The minimum absolute atomic E-state index is 0.0941. The summed E-state index contributed by atoms with van der Waals surface area (Å²) >= 11 is 0. The van der Waals surface area contributed by atoms with Crippen LogP contribution in [0.5, 0.6) is 11.8 Å². The van der Waals surface area contributed by atoms with Gasteiger partial charge in [0.25, 0.3) is 0 Å². The lowest BCUT2D eigenvalue weighted by atomic mass is 10.2. The van der Waals surface area contributed by atoms with Gasteiger partial charge in [-0.2, -0.15) is 0 Å². The van der Waals surface area contributed by atoms with Gasteiger partial charge in [-0.25, -0.2) is 13.1 Å². The van der Waals surface area contributed by atoms with E-state index in [2.05, 4.69) is 42.8 Å².